The molecule has 1 rings (SSSR count). The molecular weight excluding hydrogens is 238 g/mol. The number of pyridine rings is 1. The van der Waals surface area contributed by atoms with Crippen LogP contribution >= 0.6 is 11.6 Å². The Morgan fingerprint density at radius 1 is 1.47 bits per heavy atom. The standard InChI is InChI=1S/C8H12ClN3O2S/c1-6-4-5-10-8(9)7(6)11-15(13,14)12(2)3/h4-5,11H,1-3H3. The van der Waals surface area contributed by atoms with Gasteiger partial charge in [0.1, 0.15) is 0 Å². The largest absolute Gasteiger partial charge is 0.301 e. The third kappa shape index (κ3) is 2.80. The zero-order chi connectivity index (χ0) is 11.6. The second-order valence-electron chi connectivity index (χ2n) is 3.18. The second-order valence-corrected chi connectivity index (χ2v) is 5.43. The number of rotatable bonds is 3. The van der Waals surface area contributed by atoms with Gasteiger partial charge in [0.25, 0.3) is 0 Å². The van der Waals surface area contributed by atoms with E-state index in [9.17, 15) is 8.42 Å². The van der Waals surface area contributed by atoms with E-state index in [2.05, 4.69) is 9.71 Å². The molecule has 0 amide bonds. The van der Waals surface area contributed by atoms with Crippen molar-refractivity contribution in [3.63, 3.8) is 0 Å². The van der Waals surface area contributed by atoms with Gasteiger partial charge < -0.3 is 0 Å². The molecule has 0 unspecified atom stereocenters. The summed E-state index contributed by atoms with van der Waals surface area (Å²) >= 11 is 5.78. The van der Waals surface area contributed by atoms with Gasteiger partial charge in [0.2, 0.25) is 0 Å². The van der Waals surface area contributed by atoms with E-state index in [1.165, 1.54) is 20.3 Å². The lowest BCUT2D eigenvalue weighted by Gasteiger charge is -2.15. The number of nitrogens with one attached hydrogen (secondary N) is 1. The maximum absolute atomic E-state index is 11.5. The summed E-state index contributed by atoms with van der Waals surface area (Å²) in [7, 11) is -0.672. The van der Waals surface area contributed by atoms with Crippen molar-refractivity contribution in [2.45, 2.75) is 6.92 Å². The molecule has 0 bridgehead atoms. The molecule has 0 saturated carbocycles. The molecule has 0 atom stereocenters. The smallest absolute Gasteiger partial charge is 0.268 e. The number of hydrogen-bond acceptors (Lipinski definition) is 3. The summed E-state index contributed by atoms with van der Waals surface area (Å²) in [6.45, 7) is 1.75. The van der Waals surface area contributed by atoms with Gasteiger partial charge in [0.05, 0.1) is 5.69 Å². The Balaban J connectivity index is 3.11. The molecule has 0 radical (unpaired) electrons. The molecule has 0 aliphatic carbocycles. The third-order valence-corrected chi connectivity index (χ3v) is 3.53. The first kappa shape index (κ1) is 12.2. The minimum Gasteiger partial charge on any atom is -0.268 e. The van der Waals surface area contributed by atoms with E-state index < -0.39 is 10.2 Å². The summed E-state index contributed by atoms with van der Waals surface area (Å²) in [6.07, 6.45) is 1.52. The van der Waals surface area contributed by atoms with E-state index >= 15 is 0 Å². The van der Waals surface area contributed by atoms with Crippen LogP contribution in [-0.4, -0.2) is 31.8 Å². The Kier molecular flexibility index (Phi) is 3.54. The van der Waals surface area contributed by atoms with Gasteiger partial charge in [-0.25, -0.2) is 4.98 Å². The first-order chi connectivity index (χ1) is 6.84. The monoisotopic (exact) mass is 249 g/mol. The molecule has 1 heterocycles. The van der Waals surface area contributed by atoms with Crippen LogP contribution in [0.15, 0.2) is 12.3 Å². The highest BCUT2D eigenvalue weighted by atomic mass is 35.5. The van der Waals surface area contributed by atoms with Crippen LogP contribution in [0.2, 0.25) is 5.15 Å². The fourth-order valence-electron chi connectivity index (χ4n) is 0.868. The van der Waals surface area contributed by atoms with Crippen LogP contribution in [0.4, 0.5) is 5.69 Å². The highest BCUT2D eigenvalue weighted by Gasteiger charge is 2.16. The average molecular weight is 250 g/mol. The Morgan fingerprint density at radius 3 is 2.53 bits per heavy atom. The number of nitrogens with zero attached hydrogens (tertiary/aromatic N) is 2. The fraction of sp³-hybridized carbons (Fsp3) is 0.375. The van der Waals surface area contributed by atoms with Gasteiger partial charge in [0.15, 0.2) is 5.15 Å². The minimum absolute atomic E-state index is 0.139. The minimum atomic E-state index is -3.54. The summed E-state index contributed by atoms with van der Waals surface area (Å²) in [6, 6.07) is 1.68. The lowest BCUT2D eigenvalue weighted by Crippen LogP contribution is -2.29. The predicted octanol–water partition coefficient (Wildman–Crippen LogP) is 1.26. The van der Waals surface area contributed by atoms with Crippen molar-refractivity contribution in [2.24, 2.45) is 0 Å². The molecule has 0 fully saturated rings. The van der Waals surface area contributed by atoms with Crippen LogP contribution in [0.5, 0.6) is 0 Å². The van der Waals surface area contributed by atoms with Crippen LogP contribution in [0.1, 0.15) is 5.56 Å². The first-order valence-corrected chi connectivity index (χ1v) is 5.98. The van der Waals surface area contributed by atoms with Crippen molar-refractivity contribution in [3.8, 4) is 0 Å². The van der Waals surface area contributed by atoms with Crippen molar-refractivity contribution in [1.29, 1.82) is 0 Å². The van der Waals surface area contributed by atoms with Crippen LogP contribution < -0.4 is 4.72 Å². The van der Waals surface area contributed by atoms with Crippen molar-refractivity contribution in [1.82, 2.24) is 9.29 Å². The molecule has 0 aliphatic rings. The van der Waals surface area contributed by atoms with E-state index in [0.717, 1.165) is 9.87 Å². The summed E-state index contributed by atoms with van der Waals surface area (Å²) in [4.78, 5) is 3.80. The van der Waals surface area contributed by atoms with Gasteiger partial charge in [-0.1, -0.05) is 11.6 Å². The van der Waals surface area contributed by atoms with E-state index in [-0.39, 0.29) is 5.15 Å². The van der Waals surface area contributed by atoms with Crippen molar-refractivity contribution < 1.29 is 8.42 Å². The third-order valence-electron chi connectivity index (χ3n) is 1.82. The van der Waals surface area contributed by atoms with Crippen LogP contribution in [0.25, 0.3) is 0 Å². The molecule has 1 N–H and O–H groups in total. The maximum Gasteiger partial charge on any atom is 0.301 e. The summed E-state index contributed by atoms with van der Waals surface area (Å²) in [5.74, 6) is 0. The zero-order valence-electron chi connectivity index (χ0n) is 8.65. The Bertz CT molecular complexity index is 439. The summed E-state index contributed by atoms with van der Waals surface area (Å²) in [5.41, 5.74) is 1.04. The van der Waals surface area contributed by atoms with E-state index in [0.29, 0.717) is 5.69 Å². The van der Waals surface area contributed by atoms with Gasteiger partial charge in [-0.15, -0.1) is 0 Å². The van der Waals surface area contributed by atoms with Gasteiger partial charge in [-0.2, -0.15) is 12.7 Å². The summed E-state index contributed by atoms with van der Waals surface area (Å²) in [5, 5.41) is 0.139. The van der Waals surface area contributed by atoms with Crippen molar-refractivity contribution in [3.05, 3.63) is 23.0 Å². The number of halogens is 1. The highest BCUT2D eigenvalue weighted by Crippen LogP contribution is 2.23. The van der Waals surface area contributed by atoms with Crippen LogP contribution in [0.3, 0.4) is 0 Å². The lowest BCUT2D eigenvalue weighted by atomic mass is 10.3. The molecule has 1 aromatic heterocycles. The maximum atomic E-state index is 11.5. The van der Waals surface area contributed by atoms with Gasteiger partial charge >= 0.3 is 10.2 Å². The zero-order valence-corrected chi connectivity index (χ0v) is 10.2. The molecule has 0 aromatic carbocycles. The SMILES string of the molecule is Cc1ccnc(Cl)c1NS(=O)(=O)N(C)C. The van der Waals surface area contributed by atoms with Gasteiger partial charge in [0, 0.05) is 20.3 Å². The van der Waals surface area contributed by atoms with Gasteiger partial charge in [-0.05, 0) is 18.6 Å². The molecule has 0 saturated heterocycles. The molecule has 7 heteroatoms. The Hall–Kier alpha value is -0.850. The number of anilines is 1. The summed E-state index contributed by atoms with van der Waals surface area (Å²) < 4.78 is 26.5. The quantitative estimate of drug-likeness (QED) is 0.821. The Labute approximate surface area is 94.3 Å². The number of aryl methyl sites for hydroxylation is 1. The molecule has 5 nitrogen and oxygen atoms in total. The molecular formula is C8H12ClN3O2S. The molecule has 0 aliphatic heterocycles. The molecule has 15 heavy (non-hydrogen) atoms. The van der Waals surface area contributed by atoms with Crippen LogP contribution in [0, 0.1) is 6.92 Å². The molecule has 1 aromatic rings. The van der Waals surface area contributed by atoms with E-state index in [1.54, 1.807) is 13.0 Å². The first-order valence-electron chi connectivity index (χ1n) is 4.16. The van der Waals surface area contributed by atoms with Crippen molar-refractivity contribution >= 4 is 27.5 Å². The second kappa shape index (κ2) is 4.34. The highest BCUT2D eigenvalue weighted by molar-refractivity contribution is 7.90. The van der Waals surface area contributed by atoms with Gasteiger partial charge in [-0.3, -0.25) is 4.72 Å². The average Bonchev–Trinajstić information content (AvgIpc) is 2.11. The topological polar surface area (TPSA) is 62.3 Å². The normalized spacial score (nSPS) is 11.8. The number of hydrogen-bond donors (Lipinski definition) is 1. The van der Waals surface area contributed by atoms with E-state index in [1.807, 2.05) is 0 Å². The fourth-order valence-corrected chi connectivity index (χ4v) is 1.87. The van der Waals surface area contributed by atoms with Crippen LogP contribution in [-0.2, 0) is 10.2 Å². The van der Waals surface area contributed by atoms with E-state index in [4.69, 9.17) is 11.6 Å². The Morgan fingerprint density at radius 2 is 2.07 bits per heavy atom. The molecule has 0 spiro atoms. The lowest BCUT2D eigenvalue weighted by molar-refractivity contribution is 0.526. The van der Waals surface area contributed by atoms with Crippen molar-refractivity contribution in [2.75, 3.05) is 18.8 Å². The number of aromatic nitrogens is 1. The predicted molar refractivity (Wildman–Crippen MR) is 60.2 cm³/mol. The molecule has 84 valence electrons.